The van der Waals surface area contributed by atoms with Crippen LogP contribution in [0.2, 0.25) is 0 Å². The lowest BCUT2D eigenvalue weighted by molar-refractivity contribution is -0.354. The molecule has 0 spiro atoms. The molecule has 2 heterocycles. The van der Waals surface area contributed by atoms with E-state index < -0.39 is 61.1 Å². The fraction of sp³-hybridized carbons (Fsp3) is 0.295. The van der Waals surface area contributed by atoms with Crippen LogP contribution < -0.4 is 0 Å². The molecule has 0 aromatic heterocycles. The molecule has 0 N–H and O–H groups in total. The van der Waals surface area contributed by atoms with E-state index in [0.717, 1.165) is 38.9 Å². The summed E-state index contributed by atoms with van der Waals surface area (Å²) >= 11 is 0. The average Bonchev–Trinajstić information content (AvgIpc) is 3.43. The van der Waals surface area contributed by atoms with Gasteiger partial charge in [-0.1, -0.05) is 212 Å². The third-order valence-corrected chi connectivity index (χ3v) is 12.6. The van der Waals surface area contributed by atoms with E-state index >= 15 is 0 Å². The van der Waals surface area contributed by atoms with Crippen LogP contribution in [-0.4, -0.2) is 74.3 Å². The Hall–Kier alpha value is -6.35. The number of carbonyl (C=O) groups excluding carboxylic acids is 1. The summed E-state index contributed by atoms with van der Waals surface area (Å²) in [5.74, 6) is -0.593. The number of cyclic esters (lactones) is 1. The smallest absolute Gasteiger partial charge is 0.338 e. The lowest BCUT2D eigenvalue weighted by atomic mass is 9.96. The van der Waals surface area contributed by atoms with E-state index in [0.29, 0.717) is 6.61 Å². The van der Waals surface area contributed by atoms with Gasteiger partial charge in [-0.25, -0.2) is 4.79 Å². The van der Waals surface area contributed by atoms with Crippen molar-refractivity contribution >= 4 is 5.97 Å². The third kappa shape index (κ3) is 14.6. The molecule has 11 heteroatoms. The van der Waals surface area contributed by atoms with Gasteiger partial charge in [0.05, 0.1) is 59.5 Å². The molecule has 2 aliphatic heterocycles. The van der Waals surface area contributed by atoms with Gasteiger partial charge in [0.25, 0.3) is 0 Å². The van der Waals surface area contributed by atoms with Gasteiger partial charge in [-0.2, -0.15) is 0 Å². The number of benzene rings is 7. The van der Waals surface area contributed by atoms with Crippen molar-refractivity contribution in [1.29, 1.82) is 0 Å². The first kappa shape index (κ1) is 50.6. The van der Waals surface area contributed by atoms with Gasteiger partial charge in [0, 0.05) is 0 Å². The Morgan fingerprint density at radius 3 is 1.04 bits per heavy atom. The fourth-order valence-electron chi connectivity index (χ4n) is 8.85. The van der Waals surface area contributed by atoms with Crippen LogP contribution in [0, 0.1) is 0 Å². The van der Waals surface area contributed by atoms with E-state index in [2.05, 4.69) is 0 Å². The second kappa shape index (κ2) is 26.9. The predicted molar refractivity (Wildman–Crippen MR) is 271 cm³/mol. The van der Waals surface area contributed by atoms with Crippen molar-refractivity contribution in [3.63, 3.8) is 0 Å². The van der Waals surface area contributed by atoms with Crippen molar-refractivity contribution in [2.75, 3.05) is 13.2 Å². The van der Waals surface area contributed by atoms with Gasteiger partial charge in [0.15, 0.2) is 18.5 Å². The molecule has 7 aromatic carbocycles. The molecule has 0 radical (unpaired) electrons. The molecule has 0 saturated carbocycles. The molecule has 9 rings (SSSR count). The number of rotatable bonds is 25. The molecule has 11 nitrogen and oxygen atoms in total. The zero-order valence-electron chi connectivity index (χ0n) is 40.3. The minimum atomic E-state index is -1.20. The number of esters is 1. The molecule has 2 aliphatic rings. The summed E-state index contributed by atoms with van der Waals surface area (Å²) in [6, 6.07) is 69.2. The maximum Gasteiger partial charge on any atom is 0.338 e. The van der Waals surface area contributed by atoms with Gasteiger partial charge in [-0.3, -0.25) is 0 Å². The molecular formula is C61H62O11. The van der Waals surface area contributed by atoms with Crippen LogP contribution >= 0.6 is 0 Å². The Kier molecular flexibility index (Phi) is 18.9. The number of hydrogen-bond acceptors (Lipinski definition) is 11. The highest BCUT2D eigenvalue weighted by Crippen LogP contribution is 2.36. The van der Waals surface area contributed by atoms with E-state index in [-0.39, 0.29) is 52.9 Å². The van der Waals surface area contributed by atoms with Crippen molar-refractivity contribution < 1.29 is 52.2 Å². The lowest BCUT2D eigenvalue weighted by Crippen LogP contribution is -2.65. The minimum Gasteiger partial charge on any atom is -0.455 e. The van der Waals surface area contributed by atoms with Gasteiger partial charge in [-0.05, 0) is 38.9 Å². The van der Waals surface area contributed by atoms with Gasteiger partial charge in [-0.15, -0.1) is 0 Å². The molecule has 2 saturated heterocycles. The van der Waals surface area contributed by atoms with Crippen molar-refractivity contribution in [3.8, 4) is 0 Å². The molecular weight excluding hydrogens is 909 g/mol. The Balaban J connectivity index is 1.10. The third-order valence-electron chi connectivity index (χ3n) is 12.6. The number of hydrogen-bond donors (Lipinski definition) is 0. The van der Waals surface area contributed by atoms with Crippen molar-refractivity contribution in [2.24, 2.45) is 0 Å². The molecule has 2 fully saturated rings. The number of ether oxygens (including phenoxy) is 10. The van der Waals surface area contributed by atoms with Crippen LogP contribution in [0.5, 0.6) is 0 Å². The van der Waals surface area contributed by atoms with Gasteiger partial charge in [0.1, 0.15) is 36.6 Å². The second-order valence-electron chi connectivity index (χ2n) is 17.9. The second-order valence-corrected chi connectivity index (χ2v) is 17.9. The largest absolute Gasteiger partial charge is 0.455 e. The minimum absolute atomic E-state index is 0.0233. The van der Waals surface area contributed by atoms with Crippen LogP contribution in [0.4, 0.5) is 0 Å². The molecule has 0 aliphatic carbocycles. The van der Waals surface area contributed by atoms with Crippen molar-refractivity contribution in [3.05, 3.63) is 251 Å². The summed E-state index contributed by atoms with van der Waals surface area (Å²) in [6.07, 6.45) is -8.52. The van der Waals surface area contributed by atoms with Gasteiger partial charge in [0.2, 0.25) is 0 Å². The highest BCUT2D eigenvalue weighted by Gasteiger charge is 2.54. The fourth-order valence-corrected chi connectivity index (χ4v) is 8.85. The molecule has 0 bridgehead atoms. The molecule has 372 valence electrons. The molecule has 9 atom stereocenters. The first-order chi connectivity index (χ1) is 35.6. The quantitative estimate of drug-likeness (QED) is 0.0511. The molecule has 9 unspecified atom stereocenters. The Bertz CT molecular complexity index is 2600. The van der Waals surface area contributed by atoms with E-state index in [1.54, 1.807) is 0 Å². The Labute approximate surface area is 422 Å². The summed E-state index contributed by atoms with van der Waals surface area (Å²) in [5.41, 5.74) is 6.62. The summed E-state index contributed by atoms with van der Waals surface area (Å²) in [5, 5.41) is 0. The summed E-state index contributed by atoms with van der Waals surface area (Å²) < 4.78 is 68.1. The van der Waals surface area contributed by atoms with Crippen molar-refractivity contribution in [2.45, 2.75) is 101 Å². The standard InChI is InChI=1S/C61H62O11/c62-60-58(68-41-50-32-18-6-19-33-50)57(67-40-49-30-16-5-17-31-49)55(53(70-60)44-64-37-46-24-10-2-11-25-46)72-61-59(69-42-51-34-20-7-21-35-51)56(66-39-48-28-14-4-15-29-48)54(65-38-47-26-12-3-13-27-47)52(71-61)43-63-36-45-22-8-1-9-23-45/h1-35,52-59,61H,36-44H2. The zero-order chi connectivity index (χ0) is 49.0. The van der Waals surface area contributed by atoms with Crippen molar-refractivity contribution in [1.82, 2.24) is 0 Å². The maximum absolute atomic E-state index is 14.4. The Morgan fingerprint density at radius 1 is 0.319 bits per heavy atom. The van der Waals surface area contributed by atoms with E-state index in [1.165, 1.54) is 0 Å². The first-order valence-electron chi connectivity index (χ1n) is 24.7. The summed E-state index contributed by atoms with van der Waals surface area (Å²) in [7, 11) is 0. The van der Waals surface area contributed by atoms with Crippen LogP contribution in [0.3, 0.4) is 0 Å². The normalized spacial score (nSPS) is 23.1. The highest BCUT2D eigenvalue weighted by molar-refractivity contribution is 5.77. The van der Waals surface area contributed by atoms with Crippen LogP contribution in [-0.2, 0) is 98.4 Å². The van der Waals surface area contributed by atoms with Crippen LogP contribution in [0.1, 0.15) is 38.9 Å². The van der Waals surface area contributed by atoms with Gasteiger partial charge >= 0.3 is 5.97 Å². The summed E-state index contributed by atoms with van der Waals surface area (Å²) in [6.45, 7) is 1.65. The summed E-state index contributed by atoms with van der Waals surface area (Å²) in [4.78, 5) is 14.4. The average molecular weight is 971 g/mol. The topological polar surface area (TPSA) is 109 Å². The molecule has 7 aromatic rings. The van der Waals surface area contributed by atoms with E-state index in [9.17, 15) is 4.79 Å². The SMILES string of the molecule is O=C1OC(COCc2ccccc2)C(OC2OC(COCc3ccccc3)C(OCc3ccccc3)C(OCc3ccccc3)C2OCc2ccccc2)C(OCc2ccccc2)C1OCc1ccccc1. The maximum atomic E-state index is 14.4. The van der Waals surface area contributed by atoms with E-state index in [1.807, 2.05) is 212 Å². The first-order valence-corrected chi connectivity index (χ1v) is 24.7. The highest BCUT2D eigenvalue weighted by atomic mass is 16.7. The lowest BCUT2D eigenvalue weighted by Gasteiger charge is -2.48. The Morgan fingerprint density at radius 2 is 0.639 bits per heavy atom. The van der Waals surface area contributed by atoms with Crippen LogP contribution in [0.25, 0.3) is 0 Å². The van der Waals surface area contributed by atoms with E-state index in [4.69, 9.17) is 47.4 Å². The van der Waals surface area contributed by atoms with Gasteiger partial charge < -0.3 is 47.4 Å². The molecule has 72 heavy (non-hydrogen) atoms. The zero-order valence-corrected chi connectivity index (χ0v) is 40.3. The number of carbonyl (C=O) groups is 1. The van der Waals surface area contributed by atoms with Crippen LogP contribution in [0.15, 0.2) is 212 Å². The monoisotopic (exact) mass is 970 g/mol. The predicted octanol–water partition coefficient (Wildman–Crippen LogP) is 10.4. The molecule has 0 amide bonds.